The highest BCUT2D eigenvalue weighted by atomic mass is 79.9. The van der Waals surface area contributed by atoms with E-state index in [1.807, 2.05) is 0 Å². The number of nitrogens with zero attached hydrogens (tertiary/aromatic N) is 1. The average Bonchev–Trinajstić information content (AvgIpc) is 3.04. The summed E-state index contributed by atoms with van der Waals surface area (Å²) in [7, 11) is -3.65. The standard InChI is InChI=1S/C11H14BrN3O4S/c12-11-9(6-8(7-16)19-11)20(17,18)15-3-1-2-10-13-4-5-14-10/h4-6,15-16H,1-3,7H2,(H,13,14). The Hall–Kier alpha value is -1.16. The Balaban J connectivity index is 1.91. The number of aromatic nitrogens is 2. The van der Waals surface area contributed by atoms with E-state index in [2.05, 4.69) is 30.6 Å². The van der Waals surface area contributed by atoms with Crippen molar-refractivity contribution in [3.63, 3.8) is 0 Å². The second-order valence-corrected chi connectivity index (χ2v) is 6.50. The van der Waals surface area contributed by atoms with Gasteiger partial charge in [0.1, 0.15) is 23.1 Å². The summed E-state index contributed by atoms with van der Waals surface area (Å²) in [6.07, 6.45) is 4.65. The minimum atomic E-state index is -3.65. The number of imidazole rings is 1. The number of nitrogens with one attached hydrogen (secondary N) is 2. The Kier molecular flexibility index (Phi) is 4.97. The fourth-order valence-corrected chi connectivity index (χ4v) is 3.70. The summed E-state index contributed by atoms with van der Waals surface area (Å²) >= 11 is 3.02. The molecular formula is C11H14BrN3O4S. The quantitative estimate of drug-likeness (QED) is 0.639. The molecule has 20 heavy (non-hydrogen) atoms. The lowest BCUT2D eigenvalue weighted by atomic mass is 10.3. The first-order valence-corrected chi connectivity index (χ1v) is 8.17. The van der Waals surface area contributed by atoms with E-state index in [0.29, 0.717) is 12.8 Å². The lowest BCUT2D eigenvalue weighted by molar-refractivity contribution is 0.245. The van der Waals surface area contributed by atoms with Gasteiger partial charge in [0.15, 0.2) is 4.67 Å². The van der Waals surface area contributed by atoms with Gasteiger partial charge in [-0.2, -0.15) is 0 Å². The van der Waals surface area contributed by atoms with Crippen LogP contribution < -0.4 is 4.72 Å². The molecule has 9 heteroatoms. The Labute approximate surface area is 124 Å². The predicted molar refractivity (Wildman–Crippen MR) is 74.4 cm³/mol. The zero-order valence-electron chi connectivity index (χ0n) is 10.5. The van der Waals surface area contributed by atoms with Crippen molar-refractivity contribution >= 4 is 26.0 Å². The van der Waals surface area contributed by atoms with Crippen LogP contribution in [0.25, 0.3) is 0 Å². The summed E-state index contributed by atoms with van der Waals surface area (Å²) in [5.41, 5.74) is 0. The van der Waals surface area contributed by atoms with Crippen molar-refractivity contribution in [3.8, 4) is 0 Å². The third-order valence-electron chi connectivity index (χ3n) is 2.59. The molecule has 0 amide bonds. The van der Waals surface area contributed by atoms with Gasteiger partial charge in [0, 0.05) is 31.4 Å². The van der Waals surface area contributed by atoms with Crippen LogP contribution in [0, 0.1) is 0 Å². The Morgan fingerprint density at radius 1 is 1.50 bits per heavy atom. The number of aliphatic hydroxyl groups is 1. The second kappa shape index (κ2) is 6.53. The summed E-state index contributed by atoms with van der Waals surface area (Å²) in [6, 6.07) is 1.29. The molecule has 0 aromatic carbocycles. The third-order valence-corrected chi connectivity index (χ3v) is 4.91. The second-order valence-electron chi connectivity index (χ2n) is 4.05. The van der Waals surface area contributed by atoms with Gasteiger partial charge < -0.3 is 14.5 Å². The van der Waals surface area contributed by atoms with Crippen LogP contribution in [0.5, 0.6) is 0 Å². The Bertz CT molecular complexity index is 651. The van der Waals surface area contributed by atoms with Gasteiger partial charge in [-0.05, 0) is 22.4 Å². The summed E-state index contributed by atoms with van der Waals surface area (Å²) in [5, 5.41) is 8.92. The SMILES string of the molecule is O=S(=O)(NCCCc1ncc[nH]1)c1cc(CO)oc1Br. The van der Waals surface area contributed by atoms with E-state index in [1.165, 1.54) is 6.07 Å². The summed E-state index contributed by atoms with van der Waals surface area (Å²) in [4.78, 5) is 6.99. The molecule has 7 nitrogen and oxygen atoms in total. The molecule has 0 spiro atoms. The van der Waals surface area contributed by atoms with Crippen molar-refractivity contribution in [1.82, 2.24) is 14.7 Å². The van der Waals surface area contributed by atoms with Gasteiger partial charge in [0.25, 0.3) is 0 Å². The molecule has 110 valence electrons. The number of rotatable bonds is 7. The fourth-order valence-electron chi connectivity index (χ4n) is 1.63. The topological polar surface area (TPSA) is 108 Å². The van der Waals surface area contributed by atoms with Crippen LogP contribution in [-0.2, 0) is 23.1 Å². The number of furan rings is 1. The summed E-state index contributed by atoms with van der Waals surface area (Å²) < 4.78 is 31.7. The van der Waals surface area contributed by atoms with Gasteiger partial charge in [-0.3, -0.25) is 0 Å². The molecule has 2 rings (SSSR count). The molecule has 0 radical (unpaired) electrons. The maximum absolute atomic E-state index is 12.0. The van der Waals surface area contributed by atoms with E-state index >= 15 is 0 Å². The lowest BCUT2D eigenvalue weighted by Gasteiger charge is -2.04. The molecule has 0 unspecified atom stereocenters. The largest absolute Gasteiger partial charge is 0.450 e. The summed E-state index contributed by atoms with van der Waals surface area (Å²) in [6.45, 7) is -0.0677. The van der Waals surface area contributed by atoms with Crippen molar-refractivity contribution in [2.24, 2.45) is 0 Å². The maximum Gasteiger partial charge on any atom is 0.244 e. The van der Waals surface area contributed by atoms with Gasteiger partial charge in [-0.25, -0.2) is 18.1 Å². The van der Waals surface area contributed by atoms with Crippen molar-refractivity contribution in [2.45, 2.75) is 24.3 Å². The zero-order chi connectivity index (χ0) is 14.6. The minimum Gasteiger partial charge on any atom is -0.450 e. The number of aliphatic hydroxyl groups excluding tert-OH is 1. The molecule has 0 aliphatic heterocycles. The van der Waals surface area contributed by atoms with Gasteiger partial charge >= 0.3 is 0 Å². The molecule has 0 saturated carbocycles. The third kappa shape index (κ3) is 3.69. The molecule has 0 bridgehead atoms. The number of aromatic amines is 1. The molecule has 3 N–H and O–H groups in total. The summed E-state index contributed by atoms with van der Waals surface area (Å²) in [5.74, 6) is 1.00. The first-order chi connectivity index (χ1) is 9.53. The van der Waals surface area contributed by atoms with Crippen LogP contribution in [0.1, 0.15) is 18.0 Å². The van der Waals surface area contributed by atoms with E-state index in [-0.39, 0.29) is 28.5 Å². The molecule has 0 aliphatic carbocycles. The van der Waals surface area contributed by atoms with Crippen molar-refractivity contribution in [2.75, 3.05) is 6.54 Å². The molecule has 0 aliphatic rings. The number of sulfonamides is 1. The number of halogens is 1. The van der Waals surface area contributed by atoms with E-state index < -0.39 is 10.0 Å². The molecular weight excluding hydrogens is 350 g/mol. The van der Waals surface area contributed by atoms with Crippen LogP contribution in [0.2, 0.25) is 0 Å². The highest BCUT2D eigenvalue weighted by molar-refractivity contribution is 9.10. The van der Waals surface area contributed by atoms with Crippen LogP contribution >= 0.6 is 15.9 Å². The van der Waals surface area contributed by atoms with Gasteiger partial charge in [-0.1, -0.05) is 0 Å². The van der Waals surface area contributed by atoms with Gasteiger partial charge in [-0.15, -0.1) is 0 Å². The first-order valence-electron chi connectivity index (χ1n) is 5.90. The molecule has 0 fully saturated rings. The van der Waals surface area contributed by atoms with Crippen molar-refractivity contribution in [3.05, 3.63) is 34.7 Å². The van der Waals surface area contributed by atoms with Crippen LogP contribution in [0.4, 0.5) is 0 Å². The normalized spacial score (nSPS) is 11.9. The van der Waals surface area contributed by atoms with Crippen LogP contribution in [0.3, 0.4) is 0 Å². The van der Waals surface area contributed by atoms with Crippen molar-refractivity contribution < 1.29 is 17.9 Å². The van der Waals surface area contributed by atoms with E-state index in [0.717, 1.165) is 5.82 Å². The Morgan fingerprint density at radius 2 is 2.30 bits per heavy atom. The lowest BCUT2D eigenvalue weighted by Crippen LogP contribution is -2.25. The van der Waals surface area contributed by atoms with Gasteiger partial charge in [0.05, 0.1) is 0 Å². The van der Waals surface area contributed by atoms with Crippen LogP contribution in [0.15, 0.2) is 32.4 Å². The first kappa shape index (κ1) is 15.2. The Morgan fingerprint density at radius 3 is 2.90 bits per heavy atom. The maximum atomic E-state index is 12.0. The monoisotopic (exact) mass is 363 g/mol. The number of H-pyrrole nitrogens is 1. The smallest absolute Gasteiger partial charge is 0.244 e. The predicted octanol–water partition coefficient (Wildman–Crippen LogP) is 1.17. The highest BCUT2D eigenvalue weighted by Crippen LogP contribution is 2.25. The molecule has 2 aromatic heterocycles. The van der Waals surface area contributed by atoms with Crippen molar-refractivity contribution in [1.29, 1.82) is 0 Å². The average molecular weight is 364 g/mol. The molecule has 2 heterocycles. The zero-order valence-corrected chi connectivity index (χ0v) is 12.9. The molecule has 0 saturated heterocycles. The number of hydrogen-bond acceptors (Lipinski definition) is 5. The molecule has 0 atom stereocenters. The van der Waals surface area contributed by atoms with E-state index in [1.54, 1.807) is 12.4 Å². The van der Waals surface area contributed by atoms with E-state index in [4.69, 9.17) is 9.52 Å². The fraction of sp³-hybridized carbons (Fsp3) is 0.364. The minimum absolute atomic E-state index is 0.0143. The molecule has 2 aromatic rings. The highest BCUT2D eigenvalue weighted by Gasteiger charge is 2.21. The number of hydrogen-bond donors (Lipinski definition) is 3. The van der Waals surface area contributed by atoms with E-state index in [9.17, 15) is 8.42 Å². The number of aryl methyl sites for hydroxylation is 1. The van der Waals surface area contributed by atoms with Gasteiger partial charge in [0.2, 0.25) is 10.0 Å². The van der Waals surface area contributed by atoms with Crippen LogP contribution in [-0.4, -0.2) is 30.0 Å².